The predicted molar refractivity (Wildman–Crippen MR) is 54.7 cm³/mol. The van der Waals surface area contributed by atoms with Crippen LogP contribution in [0.5, 0.6) is 5.75 Å². The molecule has 0 aliphatic heterocycles. The van der Waals surface area contributed by atoms with Crippen molar-refractivity contribution in [3.63, 3.8) is 0 Å². The standard InChI is InChI=1S/C11H15F2NO/c1-11(2,5-6-14)15-8-3-4-9(12)10(13)7-8/h3-4,7H,5-6,14H2,1-2H3. The number of rotatable bonds is 4. The van der Waals surface area contributed by atoms with Gasteiger partial charge >= 0.3 is 0 Å². The van der Waals surface area contributed by atoms with Crippen molar-refractivity contribution >= 4 is 0 Å². The molecule has 0 aliphatic carbocycles. The van der Waals surface area contributed by atoms with Crippen LogP contribution in [0.3, 0.4) is 0 Å². The fourth-order valence-electron chi connectivity index (χ4n) is 1.26. The maximum atomic E-state index is 12.9. The van der Waals surface area contributed by atoms with Crippen LogP contribution in [0.2, 0.25) is 0 Å². The van der Waals surface area contributed by atoms with E-state index in [4.69, 9.17) is 10.5 Å². The number of hydrogen-bond acceptors (Lipinski definition) is 2. The molecule has 84 valence electrons. The van der Waals surface area contributed by atoms with Crippen molar-refractivity contribution < 1.29 is 13.5 Å². The Bertz CT molecular complexity index is 339. The van der Waals surface area contributed by atoms with Crippen molar-refractivity contribution in [3.05, 3.63) is 29.8 Å². The van der Waals surface area contributed by atoms with Gasteiger partial charge < -0.3 is 10.5 Å². The molecule has 1 aromatic carbocycles. The Morgan fingerprint density at radius 2 is 1.93 bits per heavy atom. The highest BCUT2D eigenvalue weighted by molar-refractivity contribution is 5.24. The fraction of sp³-hybridized carbons (Fsp3) is 0.455. The molecule has 0 aromatic heterocycles. The molecule has 1 rings (SSSR count). The van der Waals surface area contributed by atoms with Crippen molar-refractivity contribution in [1.82, 2.24) is 0 Å². The van der Waals surface area contributed by atoms with Gasteiger partial charge in [-0.2, -0.15) is 0 Å². The number of benzene rings is 1. The lowest BCUT2D eigenvalue weighted by molar-refractivity contribution is 0.102. The van der Waals surface area contributed by atoms with Gasteiger partial charge in [0.1, 0.15) is 11.4 Å². The molecule has 0 bridgehead atoms. The van der Waals surface area contributed by atoms with Crippen molar-refractivity contribution in [2.45, 2.75) is 25.9 Å². The molecule has 0 radical (unpaired) electrons. The number of nitrogens with two attached hydrogens (primary N) is 1. The van der Waals surface area contributed by atoms with E-state index in [9.17, 15) is 8.78 Å². The van der Waals surface area contributed by atoms with E-state index in [-0.39, 0.29) is 0 Å². The second kappa shape index (κ2) is 4.57. The molecule has 0 amide bonds. The molecule has 0 heterocycles. The molecule has 0 saturated heterocycles. The van der Waals surface area contributed by atoms with Gasteiger partial charge in [-0.1, -0.05) is 0 Å². The van der Waals surface area contributed by atoms with Crippen molar-refractivity contribution in [3.8, 4) is 5.75 Å². The number of ether oxygens (including phenoxy) is 1. The van der Waals surface area contributed by atoms with Gasteiger partial charge in [0.05, 0.1) is 0 Å². The van der Waals surface area contributed by atoms with Gasteiger partial charge in [-0.15, -0.1) is 0 Å². The second-order valence-corrected chi connectivity index (χ2v) is 3.98. The summed E-state index contributed by atoms with van der Waals surface area (Å²) in [6.45, 7) is 4.18. The van der Waals surface area contributed by atoms with Crippen LogP contribution in [-0.4, -0.2) is 12.1 Å². The Morgan fingerprint density at radius 1 is 1.27 bits per heavy atom. The van der Waals surface area contributed by atoms with Gasteiger partial charge in [0.2, 0.25) is 0 Å². The monoisotopic (exact) mass is 215 g/mol. The van der Waals surface area contributed by atoms with Crippen molar-refractivity contribution in [2.24, 2.45) is 5.73 Å². The molecule has 0 fully saturated rings. The van der Waals surface area contributed by atoms with E-state index >= 15 is 0 Å². The Balaban J connectivity index is 2.76. The maximum Gasteiger partial charge on any atom is 0.162 e. The normalized spacial score (nSPS) is 11.5. The first-order valence-corrected chi connectivity index (χ1v) is 4.79. The van der Waals surface area contributed by atoms with E-state index in [1.807, 2.05) is 13.8 Å². The molecule has 0 spiro atoms. The van der Waals surface area contributed by atoms with E-state index in [0.717, 1.165) is 12.1 Å². The average Bonchev–Trinajstić information content (AvgIpc) is 2.10. The molecule has 2 nitrogen and oxygen atoms in total. The van der Waals surface area contributed by atoms with Crippen LogP contribution in [0.25, 0.3) is 0 Å². The highest BCUT2D eigenvalue weighted by Gasteiger charge is 2.19. The van der Waals surface area contributed by atoms with E-state index in [1.165, 1.54) is 6.07 Å². The lowest BCUT2D eigenvalue weighted by atomic mass is 10.1. The van der Waals surface area contributed by atoms with Gasteiger partial charge in [-0.25, -0.2) is 8.78 Å². The third kappa shape index (κ3) is 3.47. The van der Waals surface area contributed by atoms with Gasteiger partial charge in [-0.05, 0) is 38.9 Å². The minimum atomic E-state index is -0.906. The van der Waals surface area contributed by atoms with Crippen LogP contribution in [0.1, 0.15) is 20.3 Å². The zero-order valence-corrected chi connectivity index (χ0v) is 8.89. The summed E-state index contributed by atoms with van der Waals surface area (Å²) in [5, 5.41) is 0. The van der Waals surface area contributed by atoms with Gasteiger partial charge in [0.25, 0.3) is 0 Å². The lowest BCUT2D eigenvalue weighted by Gasteiger charge is -2.25. The van der Waals surface area contributed by atoms with Gasteiger partial charge in [0, 0.05) is 6.07 Å². The molecule has 2 N–H and O–H groups in total. The van der Waals surface area contributed by atoms with E-state index in [2.05, 4.69) is 0 Å². The third-order valence-electron chi connectivity index (χ3n) is 2.03. The Kier molecular flexibility index (Phi) is 3.63. The summed E-state index contributed by atoms with van der Waals surface area (Å²) in [7, 11) is 0. The highest BCUT2D eigenvalue weighted by Crippen LogP contribution is 2.22. The van der Waals surface area contributed by atoms with Crippen LogP contribution < -0.4 is 10.5 Å². The topological polar surface area (TPSA) is 35.2 Å². The Morgan fingerprint density at radius 3 is 2.47 bits per heavy atom. The molecule has 0 unspecified atom stereocenters. The van der Waals surface area contributed by atoms with Crippen LogP contribution >= 0.6 is 0 Å². The first-order valence-electron chi connectivity index (χ1n) is 4.79. The van der Waals surface area contributed by atoms with Crippen LogP contribution in [-0.2, 0) is 0 Å². The zero-order valence-electron chi connectivity index (χ0n) is 8.89. The molecule has 4 heteroatoms. The average molecular weight is 215 g/mol. The molecular formula is C11H15F2NO. The van der Waals surface area contributed by atoms with E-state index in [0.29, 0.717) is 18.7 Å². The van der Waals surface area contributed by atoms with Crippen molar-refractivity contribution in [2.75, 3.05) is 6.54 Å². The Labute approximate surface area is 88.0 Å². The summed E-state index contributed by atoms with van der Waals surface area (Å²) in [6, 6.07) is 3.48. The quantitative estimate of drug-likeness (QED) is 0.837. The third-order valence-corrected chi connectivity index (χ3v) is 2.03. The predicted octanol–water partition coefficient (Wildman–Crippen LogP) is 2.47. The first kappa shape index (κ1) is 11.9. The summed E-state index contributed by atoms with van der Waals surface area (Å²) in [5.74, 6) is -1.47. The van der Waals surface area contributed by atoms with Crippen LogP contribution in [0.15, 0.2) is 18.2 Å². The number of hydrogen-bond donors (Lipinski definition) is 1. The second-order valence-electron chi connectivity index (χ2n) is 3.98. The van der Waals surface area contributed by atoms with Crippen LogP contribution in [0.4, 0.5) is 8.78 Å². The van der Waals surface area contributed by atoms with Crippen LogP contribution in [0, 0.1) is 11.6 Å². The summed E-state index contributed by atoms with van der Waals surface area (Å²) in [5.41, 5.74) is 4.94. The summed E-state index contributed by atoms with van der Waals surface area (Å²) in [4.78, 5) is 0. The number of halogens is 2. The van der Waals surface area contributed by atoms with Crippen molar-refractivity contribution in [1.29, 1.82) is 0 Å². The molecule has 0 aliphatic rings. The Hall–Kier alpha value is -1.16. The summed E-state index contributed by atoms with van der Waals surface area (Å²) in [6.07, 6.45) is 0.645. The van der Waals surface area contributed by atoms with Gasteiger partial charge in [0.15, 0.2) is 11.6 Å². The first-order chi connectivity index (χ1) is 6.94. The smallest absolute Gasteiger partial charge is 0.162 e. The van der Waals surface area contributed by atoms with E-state index in [1.54, 1.807) is 0 Å². The molecule has 15 heavy (non-hydrogen) atoms. The minimum absolute atomic E-state index is 0.312. The highest BCUT2D eigenvalue weighted by atomic mass is 19.2. The van der Waals surface area contributed by atoms with E-state index < -0.39 is 17.2 Å². The molecular weight excluding hydrogens is 200 g/mol. The molecule has 0 saturated carbocycles. The zero-order chi connectivity index (χ0) is 11.5. The molecule has 0 atom stereocenters. The summed E-state index contributed by atoms with van der Waals surface area (Å²) >= 11 is 0. The lowest BCUT2D eigenvalue weighted by Crippen LogP contribution is -2.31. The minimum Gasteiger partial charge on any atom is -0.488 e. The SMILES string of the molecule is CC(C)(CCN)Oc1ccc(F)c(F)c1. The van der Waals surface area contributed by atoms with Gasteiger partial charge in [-0.3, -0.25) is 0 Å². The fourth-order valence-corrected chi connectivity index (χ4v) is 1.26. The molecule has 1 aromatic rings. The maximum absolute atomic E-state index is 12.9. The summed E-state index contributed by atoms with van der Waals surface area (Å²) < 4.78 is 31.0. The largest absolute Gasteiger partial charge is 0.488 e.